The van der Waals surface area contributed by atoms with Gasteiger partial charge in [-0.1, -0.05) is 0 Å². The van der Waals surface area contributed by atoms with Crippen LogP contribution < -0.4 is 0 Å². The van der Waals surface area contributed by atoms with Gasteiger partial charge in [-0.2, -0.15) is 0 Å². The van der Waals surface area contributed by atoms with Gasteiger partial charge in [-0.05, 0) is 24.5 Å². The third-order valence-electron chi connectivity index (χ3n) is 1.78. The van der Waals surface area contributed by atoms with E-state index in [-0.39, 0.29) is 6.23 Å². The smallest absolute Gasteiger partial charge is 0.171 e. The van der Waals surface area contributed by atoms with E-state index in [1.54, 1.807) is 0 Å². The van der Waals surface area contributed by atoms with Crippen molar-refractivity contribution in [1.82, 2.24) is 20.2 Å². The molecule has 0 bridgehead atoms. The Hall–Kier alpha value is -0.970. The Kier molecular flexibility index (Phi) is 1.81. The van der Waals surface area contributed by atoms with Crippen LogP contribution in [0, 0.1) is 0 Å². The van der Waals surface area contributed by atoms with E-state index in [1.165, 1.54) is 17.5 Å². The molecule has 0 amide bonds. The lowest BCUT2D eigenvalue weighted by Gasteiger charge is -2.20. The predicted octanol–water partition coefficient (Wildman–Crippen LogP) is 0.372. The van der Waals surface area contributed by atoms with Crippen LogP contribution in [0.3, 0.4) is 0 Å². The summed E-state index contributed by atoms with van der Waals surface area (Å²) < 4.78 is 5.42. The summed E-state index contributed by atoms with van der Waals surface area (Å²) in [6, 6.07) is 0. The van der Waals surface area contributed by atoms with Crippen LogP contribution in [0.5, 0.6) is 0 Å². The number of nitrogens with zero attached hydrogens (tertiary/aromatic N) is 4. The maximum absolute atomic E-state index is 5.42. The SMILES string of the molecule is c1nnn(C2CCCCO2)n1. The van der Waals surface area contributed by atoms with Gasteiger partial charge in [0.25, 0.3) is 0 Å². The molecule has 1 fully saturated rings. The molecular weight excluding hydrogens is 144 g/mol. The summed E-state index contributed by atoms with van der Waals surface area (Å²) in [5.74, 6) is 0. The van der Waals surface area contributed by atoms with Crippen molar-refractivity contribution in [2.24, 2.45) is 0 Å². The van der Waals surface area contributed by atoms with Crippen LogP contribution >= 0.6 is 0 Å². The highest BCUT2D eigenvalue weighted by atomic mass is 16.5. The van der Waals surface area contributed by atoms with Crippen molar-refractivity contribution in [1.29, 1.82) is 0 Å². The fraction of sp³-hybridized carbons (Fsp3) is 0.833. The van der Waals surface area contributed by atoms with Crippen molar-refractivity contribution in [2.45, 2.75) is 25.5 Å². The van der Waals surface area contributed by atoms with Crippen LogP contribution in [0.1, 0.15) is 25.5 Å². The minimum Gasteiger partial charge on any atom is -0.355 e. The van der Waals surface area contributed by atoms with Crippen LogP contribution in [-0.4, -0.2) is 26.8 Å². The summed E-state index contributed by atoms with van der Waals surface area (Å²) in [5.41, 5.74) is 0. The maximum Gasteiger partial charge on any atom is 0.171 e. The molecule has 1 saturated heterocycles. The van der Waals surface area contributed by atoms with Crippen LogP contribution in [-0.2, 0) is 4.74 Å². The Morgan fingerprint density at radius 1 is 1.45 bits per heavy atom. The molecule has 0 aliphatic carbocycles. The summed E-state index contributed by atoms with van der Waals surface area (Å²) in [6.45, 7) is 0.812. The molecule has 0 aromatic carbocycles. The van der Waals surface area contributed by atoms with Crippen LogP contribution in [0.4, 0.5) is 0 Å². The third-order valence-corrected chi connectivity index (χ3v) is 1.78. The summed E-state index contributed by atoms with van der Waals surface area (Å²) in [6.07, 6.45) is 4.78. The van der Waals surface area contributed by atoms with E-state index in [9.17, 15) is 0 Å². The standard InChI is InChI=1S/C6H10N4O/c1-2-4-11-6(3-1)10-8-5-7-9-10/h5-6H,1-4H2. The van der Waals surface area contributed by atoms with Crippen molar-refractivity contribution in [2.75, 3.05) is 6.61 Å². The minimum atomic E-state index is 0.0197. The topological polar surface area (TPSA) is 52.8 Å². The highest BCUT2D eigenvalue weighted by molar-refractivity contribution is 4.57. The van der Waals surface area contributed by atoms with Gasteiger partial charge in [-0.3, -0.25) is 0 Å². The zero-order valence-corrected chi connectivity index (χ0v) is 6.18. The van der Waals surface area contributed by atoms with E-state index in [4.69, 9.17) is 4.74 Å². The van der Waals surface area contributed by atoms with E-state index in [0.29, 0.717) is 0 Å². The second kappa shape index (κ2) is 2.96. The summed E-state index contributed by atoms with van der Waals surface area (Å²) >= 11 is 0. The van der Waals surface area contributed by atoms with Crippen molar-refractivity contribution in [3.63, 3.8) is 0 Å². The molecule has 2 rings (SSSR count). The molecule has 1 aromatic heterocycles. The number of rotatable bonds is 1. The lowest BCUT2D eigenvalue weighted by molar-refractivity contribution is -0.0489. The molecule has 1 aliphatic rings. The molecule has 60 valence electrons. The quantitative estimate of drug-likeness (QED) is 0.586. The van der Waals surface area contributed by atoms with E-state index in [0.717, 1.165) is 19.4 Å². The highest BCUT2D eigenvalue weighted by Crippen LogP contribution is 2.19. The van der Waals surface area contributed by atoms with Crippen LogP contribution in [0.2, 0.25) is 0 Å². The monoisotopic (exact) mass is 154 g/mol. The maximum atomic E-state index is 5.42. The molecule has 1 atom stereocenters. The van der Waals surface area contributed by atoms with Gasteiger partial charge in [0.15, 0.2) is 12.6 Å². The lowest BCUT2D eigenvalue weighted by Crippen LogP contribution is -2.20. The first-order valence-electron chi connectivity index (χ1n) is 3.81. The third kappa shape index (κ3) is 1.37. The van der Waals surface area contributed by atoms with Crippen molar-refractivity contribution in [3.8, 4) is 0 Å². The molecule has 0 N–H and O–H groups in total. The normalized spacial score (nSPS) is 25.3. The van der Waals surface area contributed by atoms with Gasteiger partial charge in [0.05, 0.1) is 0 Å². The second-order valence-corrected chi connectivity index (χ2v) is 2.58. The first-order chi connectivity index (χ1) is 5.47. The van der Waals surface area contributed by atoms with Gasteiger partial charge < -0.3 is 4.74 Å². The Labute approximate surface area is 64.3 Å². The lowest BCUT2D eigenvalue weighted by atomic mass is 10.2. The summed E-state index contributed by atoms with van der Waals surface area (Å²) in [5, 5.41) is 11.3. The van der Waals surface area contributed by atoms with E-state index < -0.39 is 0 Å². The largest absolute Gasteiger partial charge is 0.355 e. The molecule has 1 aromatic rings. The number of tetrazole rings is 1. The molecule has 11 heavy (non-hydrogen) atoms. The Morgan fingerprint density at radius 2 is 2.45 bits per heavy atom. The first kappa shape index (κ1) is 6.72. The Balaban J connectivity index is 2.04. The molecule has 0 saturated carbocycles. The van der Waals surface area contributed by atoms with E-state index in [2.05, 4.69) is 15.4 Å². The molecular formula is C6H10N4O. The molecule has 0 radical (unpaired) electrons. The van der Waals surface area contributed by atoms with Gasteiger partial charge in [0.2, 0.25) is 0 Å². The van der Waals surface area contributed by atoms with Crippen molar-refractivity contribution >= 4 is 0 Å². The highest BCUT2D eigenvalue weighted by Gasteiger charge is 2.16. The predicted molar refractivity (Wildman–Crippen MR) is 36.7 cm³/mol. The molecule has 2 heterocycles. The fourth-order valence-corrected chi connectivity index (χ4v) is 1.21. The Bertz CT molecular complexity index is 204. The zero-order valence-electron chi connectivity index (χ0n) is 6.18. The molecule has 5 heteroatoms. The second-order valence-electron chi connectivity index (χ2n) is 2.58. The summed E-state index contributed by atoms with van der Waals surface area (Å²) in [7, 11) is 0. The molecule has 1 unspecified atom stereocenters. The van der Waals surface area contributed by atoms with Gasteiger partial charge >= 0.3 is 0 Å². The average molecular weight is 154 g/mol. The molecule has 0 spiro atoms. The zero-order chi connectivity index (χ0) is 7.52. The van der Waals surface area contributed by atoms with Gasteiger partial charge in [0, 0.05) is 6.61 Å². The summed E-state index contributed by atoms with van der Waals surface area (Å²) in [4.78, 5) is 1.53. The van der Waals surface area contributed by atoms with Crippen LogP contribution in [0.25, 0.3) is 0 Å². The number of ether oxygens (including phenoxy) is 1. The molecule has 1 aliphatic heterocycles. The van der Waals surface area contributed by atoms with Crippen LogP contribution in [0.15, 0.2) is 6.33 Å². The van der Waals surface area contributed by atoms with Crippen molar-refractivity contribution in [3.05, 3.63) is 6.33 Å². The number of aromatic nitrogens is 4. The minimum absolute atomic E-state index is 0.0197. The first-order valence-corrected chi connectivity index (χ1v) is 3.81. The fourth-order valence-electron chi connectivity index (χ4n) is 1.21. The van der Waals surface area contributed by atoms with E-state index in [1.807, 2.05) is 0 Å². The Morgan fingerprint density at radius 3 is 3.09 bits per heavy atom. The average Bonchev–Trinajstić information content (AvgIpc) is 2.58. The van der Waals surface area contributed by atoms with Crippen molar-refractivity contribution < 1.29 is 4.74 Å². The number of hydrogen-bond acceptors (Lipinski definition) is 4. The number of hydrogen-bond donors (Lipinski definition) is 0. The van der Waals surface area contributed by atoms with Gasteiger partial charge in [-0.25, -0.2) is 0 Å². The molecule has 5 nitrogen and oxygen atoms in total. The van der Waals surface area contributed by atoms with Gasteiger partial charge in [0.1, 0.15) is 0 Å². The van der Waals surface area contributed by atoms with E-state index >= 15 is 0 Å². The van der Waals surface area contributed by atoms with Gasteiger partial charge in [-0.15, -0.1) is 15.0 Å².